The fourth-order valence-electron chi connectivity index (χ4n) is 2.15. The summed E-state index contributed by atoms with van der Waals surface area (Å²) in [4.78, 5) is 80.7. The lowest BCUT2D eigenvalue weighted by atomic mass is 10.1. The monoisotopic (exact) mass is 446 g/mol. The van der Waals surface area contributed by atoms with Crippen molar-refractivity contribution in [3.8, 4) is 0 Å². The van der Waals surface area contributed by atoms with Crippen molar-refractivity contribution in [2.24, 2.45) is 17.2 Å². The molecule has 4 unspecified atom stereocenters. The van der Waals surface area contributed by atoms with Crippen LogP contribution in [0.4, 0.5) is 0 Å². The SMILES string of the molecule is CC(NC(=O)C(CC(=O)O)NC(=O)C(CC(N)=O)NC(=O)C(N)CCC(N)=O)C(=O)O. The Morgan fingerprint density at radius 1 is 0.774 bits per heavy atom. The maximum atomic E-state index is 12.5. The van der Waals surface area contributed by atoms with E-state index in [0.717, 1.165) is 6.92 Å². The molecule has 0 heterocycles. The van der Waals surface area contributed by atoms with Crippen molar-refractivity contribution in [2.45, 2.75) is 56.8 Å². The van der Waals surface area contributed by atoms with Gasteiger partial charge in [0.2, 0.25) is 29.5 Å². The molecule has 5 amide bonds. The third kappa shape index (κ3) is 11.1. The van der Waals surface area contributed by atoms with Gasteiger partial charge in [-0.3, -0.25) is 33.6 Å². The molecule has 0 fully saturated rings. The minimum Gasteiger partial charge on any atom is -0.481 e. The average Bonchev–Trinajstić information content (AvgIpc) is 2.63. The Morgan fingerprint density at radius 2 is 1.26 bits per heavy atom. The van der Waals surface area contributed by atoms with Gasteiger partial charge in [0.05, 0.1) is 18.9 Å². The normalized spacial score (nSPS) is 14.3. The Kier molecular flexibility index (Phi) is 11.2. The molecule has 0 aliphatic heterocycles. The van der Waals surface area contributed by atoms with Gasteiger partial charge >= 0.3 is 11.9 Å². The molecule has 0 radical (unpaired) electrons. The summed E-state index contributed by atoms with van der Waals surface area (Å²) in [5.41, 5.74) is 15.6. The van der Waals surface area contributed by atoms with Crippen LogP contribution >= 0.6 is 0 Å². The van der Waals surface area contributed by atoms with Crippen molar-refractivity contribution in [3.63, 3.8) is 0 Å². The molecular formula is C16H26N6O9. The molecule has 0 aliphatic rings. The van der Waals surface area contributed by atoms with E-state index in [1.807, 2.05) is 10.6 Å². The van der Waals surface area contributed by atoms with E-state index in [9.17, 15) is 33.6 Å². The van der Waals surface area contributed by atoms with Gasteiger partial charge in [0.25, 0.3) is 0 Å². The minimum atomic E-state index is -1.72. The number of hydrogen-bond acceptors (Lipinski definition) is 8. The molecule has 0 aliphatic carbocycles. The van der Waals surface area contributed by atoms with Crippen LogP contribution in [-0.2, 0) is 33.6 Å². The van der Waals surface area contributed by atoms with Crippen molar-refractivity contribution in [1.29, 1.82) is 0 Å². The number of rotatable bonds is 14. The van der Waals surface area contributed by atoms with Crippen LogP contribution in [0.3, 0.4) is 0 Å². The fraction of sp³-hybridized carbons (Fsp3) is 0.562. The van der Waals surface area contributed by atoms with E-state index < -0.39 is 78.5 Å². The van der Waals surface area contributed by atoms with E-state index in [-0.39, 0.29) is 12.8 Å². The van der Waals surface area contributed by atoms with Crippen LogP contribution in [-0.4, -0.2) is 75.9 Å². The van der Waals surface area contributed by atoms with Gasteiger partial charge in [-0.25, -0.2) is 0 Å². The van der Waals surface area contributed by atoms with Crippen LogP contribution in [0.25, 0.3) is 0 Å². The highest BCUT2D eigenvalue weighted by Crippen LogP contribution is 2.01. The van der Waals surface area contributed by atoms with Crippen LogP contribution in [0.5, 0.6) is 0 Å². The van der Waals surface area contributed by atoms with Crippen LogP contribution < -0.4 is 33.2 Å². The van der Waals surface area contributed by atoms with Crippen molar-refractivity contribution < 1.29 is 43.8 Å². The minimum absolute atomic E-state index is 0.150. The Hall–Kier alpha value is -3.75. The van der Waals surface area contributed by atoms with Gasteiger partial charge < -0.3 is 43.4 Å². The Bertz CT molecular complexity index is 741. The molecule has 0 aromatic rings. The predicted molar refractivity (Wildman–Crippen MR) is 102 cm³/mol. The summed E-state index contributed by atoms with van der Waals surface area (Å²) in [6.07, 6.45) is -2.00. The van der Waals surface area contributed by atoms with Gasteiger partial charge in [0, 0.05) is 6.42 Å². The standard InChI is InChI=1S/C16H26N6O9/c1-6(16(30)31)20-14(28)9(5-12(25)26)22-15(29)8(4-11(19)24)21-13(27)7(17)2-3-10(18)23/h6-9H,2-5,17H2,1H3,(H2,18,23)(H2,19,24)(H,20,28)(H,21,27)(H,22,29)(H,25,26)(H,30,31). The predicted octanol–water partition coefficient (Wildman–Crippen LogP) is -4.51. The van der Waals surface area contributed by atoms with Gasteiger partial charge in [-0.1, -0.05) is 0 Å². The van der Waals surface area contributed by atoms with Crippen LogP contribution in [0.1, 0.15) is 32.6 Å². The summed E-state index contributed by atoms with van der Waals surface area (Å²) in [7, 11) is 0. The van der Waals surface area contributed by atoms with E-state index >= 15 is 0 Å². The van der Waals surface area contributed by atoms with Gasteiger partial charge in [-0.05, 0) is 13.3 Å². The lowest BCUT2D eigenvalue weighted by Crippen LogP contribution is -2.57. The van der Waals surface area contributed by atoms with Gasteiger partial charge in [-0.2, -0.15) is 0 Å². The fourth-order valence-corrected chi connectivity index (χ4v) is 2.15. The summed E-state index contributed by atoms with van der Waals surface area (Å²) in [5, 5.41) is 23.9. The van der Waals surface area contributed by atoms with E-state index in [2.05, 4.69) is 5.32 Å². The molecule has 4 atom stereocenters. The number of hydrogen-bond donors (Lipinski definition) is 8. The third-order valence-electron chi connectivity index (χ3n) is 3.82. The van der Waals surface area contributed by atoms with Crippen LogP contribution in [0.2, 0.25) is 0 Å². The smallest absolute Gasteiger partial charge is 0.325 e. The molecule has 0 saturated carbocycles. The summed E-state index contributed by atoms with van der Waals surface area (Å²) >= 11 is 0. The number of nitrogens with two attached hydrogens (primary N) is 3. The molecule has 31 heavy (non-hydrogen) atoms. The number of primary amides is 2. The highest BCUT2D eigenvalue weighted by molar-refractivity contribution is 5.97. The first-order chi connectivity index (χ1) is 14.2. The highest BCUT2D eigenvalue weighted by atomic mass is 16.4. The molecule has 0 aromatic carbocycles. The van der Waals surface area contributed by atoms with Crippen molar-refractivity contribution in [3.05, 3.63) is 0 Å². The number of aliphatic carboxylic acids is 2. The van der Waals surface area contributed by atoms with E-state index in [0.29, 0.717) is 0 Å². The first kappa shape index (κ1) is 27.2. The molecule has 0 aromatic heterocycles. The zero-order valence-electron chi connectivity index (χ0n) is 16.6. The molecular weight excluding hydrogens is 420 g/mol. The zero-order chi connectivity index (χ0) is 24.3. The van der Waals surface area contributed by atoms with E-state index in [1.165, 1.54) is 0 Å². The van der Waals surface area contributed by atoms with E-state index in [1.54, 1.807) is 0 Å². The highest BCUT2D eigenvalue weighted by Gasteiger charge is 2.31. The van der Waals surface area contributed by atoms with Gasteiger partial charge in [-0.15, -0.1) is 0 Å². The molecule has 15 heteroatoms. The molecule has 0 saturated heterocycles. The topological polar surface area (TPSA) is 274 Å². The van der Waals surface area contributed by atoms with Crippen LogP contribution in [0, 0.1) is 0 Å². The van der Waals surface area contributed by atoms with Crippen molar-refractivity contribution in [1.82, 2.24) is 16.0 Å². The summed E-state index contributed by atoms with van der Waals surface area (Å²) in [6, 6.07) is -5.98. The summed E-state index contributed by atoms with van der Waals surface area (Å²) < 4.78 is 0. The van der Waals surface area contributed by atoms with Crippen molar-refractivity contribution in [2.75, 3.05) is 0 Å². The number of carboxylic acids is 2. The number of carbonyl (C=O) groups excluding carboxylic acids is 5. The second-order valence-corrected chi connectivity index (χ2v) is 6.57. The number of amides is 5. The summed E-state index contributed by atoms with van der Waals surface area (Å²) in [6.45, 7) is 1.11. The first-order valence-corrected chi connectivity index (χ1v) is 8.92. The number of carbonyl (C=O) groups is 7. The molecule has 15 nitrogen and oxygen atoms in total. The second-order valence-electron chi connectivity index (χ2n) is 6.57. The Balaban J connectivity index is 5.36. The Morgan fingerprint density at radius 3 is 1.71 bits per heavy atom. The Labute approximate surface area is 176 Å². The zero-order valence-corrected chi connectivity index (χ0v) is 16.6. The molecule has 0 spiro atoms. The van der Waals surface area contributed by atoms with Crippen molar-refractivity contribution >= 4 is 41.5 Å². The van der Waals surface area contributed by atoms with E-state index in [4.69, 9.17) is 27.4 Å². The second kappa shape index (κ2) is 12.7. The van der Waals surface area contributed by atoms with Gasteiger partial charge in [0.15, 0.2) is 0 Å². The first-order valence-electron chi connectivity index (χ1n) is 8.92. The summed E-state index contributed by atoms with van der Waals surface area (Å²) in [5.74, 6) is -7.81. The molecule has 0 bridgehead atoms. The van der Waals surface area contributed by atoms with Gasteiger partial charge in [0.1, 0.15) is 18.1 Å². The largest absolute Gasteiger partial charge is 0.481 e. The van der Waals surface area contributed by atoms with Crippen LogP contribution in [0.15, 0.2) is 0 Å². The number of carboxylic acid groups (broad SMARTS) is 2. The number of nitrogens with one attached hydrogen (secondary N) is 3. The maximum absolute atomic E-state index is 12.5. The average molecular weight is 446 g/mol. The molecule has 11 N–H and O–H groups in total. The molecule has 174 valence electrons. The molecule has 0 rings (SSSR count). The third-order valence-corrected chi connectivity index (χ3v) is 3.82. The lowest BCUT2D eigenvalue weighted by Gasteiger charge is -2.23. The lowest BCUT2D eigenvalue weighted by molar-refractivity contribution is -0.143. The quantitative estimate of drug-likeness (QED) is 0.126. The maximum Gasteiger partial charge on any atom is 0.325 e.